The summed E-state index contributed by atoms with van der Waals surface area (Å²) < 4.78 is 0.428. The third kappa shape index (κ3) is 4.81. The maximum absolute atomic E-state index is 12.9. The number of oxime groups is 1. The van der Waals surface area contributed by atoms with Crippen LogP contribution in [0.1, 0.15) is 126 Å². The van der Waals surface area contributed by atoms with E-state index in [0.717, 1.165) is 69.9 Å². The van der Waals surface area contributed by atoms with Gasteiger partial charge in [0, 0.05) is 5.41 Å². The fourth-order valence-corrected chi connectivity index (χ4v) is 13.2. The molecule has 254 valence electrons. The van der Waals surface area contributed by atoms with Gasteiger partial charge in [0.05, 0.1) is 16.4 Å². The molecule has 1 aliphatic heterocycles. The van der Waals surface area contributed by atoms with Gasteiger partial charge in [-0.3, -0.25) is 14.5 Å². The van der Waals surface area contributed by atoms with Crippen molar-refractivity contribution < 1.29 is 24.3 Å². The summed E-state index contributed by atoms with van der Waals surface area (Å²) in [6, 6.07) is 0. The van der Waals surface area contributed by atoms with Crippen LogP contribution in [0.25, 0.3) is 0 Å². The highest BCUT2D eigenvalue weighted by atomic mass is 32.2. The lowest BCUT2D eigenvalue weighted by Crippen LogP contribution is -2.64. The standard InChI is InChI=1S/C37H54N2O5S2/c1-9-24-29(41)39(31(45)46-24)21-28(40)44-38-27-13-14-34(6)25(33(27,4)5)12-15-36(8)26(34)11-10-22-23-20-32(2,3)16-18-37(23,30(42)43)19-17-35(22,36)7/h10,23-26H,9,11-21H2,1-8H3,(H,42,43)/b38-27-/t23-,24+,25-,26+,34+,35-,36-,37+/m1/s1. The van der Waals surface area contributed by atoms with Gasteiger partial charge in [-0.15, -0.1) is 0 Å². The van der Waals surface area contributed by atoms with E-state index in [1.54, 1.807) is 0 Å². The fourth-order valence-electron chi connectivity index (χ4n) is 11.8. The van der Waals surface area contributed by atoms with Crippen molar-refractivity contribution in [3.8, 4) is 0 Å². The number of thiocarbonyl (C=S) groups is 1. The number of nitrogens with zero attached hydrogens (tertiary/aromatic N) is 2. The van der Waals surface area contributed by atoms with Gasteiger partial charge in [-0.25, -0.2) is 4.79 Å². The Bertz CT molecular complexity index is 1420. The number of carbonyl (C=O) groups excluding carboxylic acids is 2. The number of amides is 1. The van der Waals surface area contributed by atoms with E-state index in [0.29, 0.717) is 22.6 Å². The average Bonchev–Trinajstić information content (AvgIpc) is 3.24. The van der Waals surface area contributed by atoms with Crippen LogP contribution in [0.15, 0.2) is 16.8 Å². The third-order valence-corrected chi connectivity index (χ3v) is 16.5. The SMILES string of the molecule is CC[C@@H]1SC(=S)N(CC(=O)O/N=C2/CC[C@@]3(C)[C@H](CC[C@]4(C)[C@H]3CC=C3[C@H]5CC(C)(C)CC[C@]5(C(=O)O)CC[C@]34C)C2(C)C)C1=O. The zero-order valence-electron chi connectivity index (χ0n) is 29.2. The Balaban J connectivity index is 1.24. The minimum absolute atomic E-state index is 0.0162. The normalized spacial score (nSPS) is 43.6. The van der Waals surface area contributed by atoms with Crippen LogP contribution in [0.3, 0.4) is 0 Å². The van der Waals surface area contributed by atoms with Gasteiger partial charge in [0.2, 0.25) is 5.91 Å². The highest BCUT2D eigenvalue weighted by Gasteiger charge is 2.69. The highest BCUT2D eigenvalue weighted by molar-refractivity contribution is 8.24. The van der Waals surface area contributed by atoms with Gasteiger partial charge in [0.25, 0.3) is 0 Å². The Kier molecular flexibility index (Phi) is 8.27. The Morgan fingerprint density at radius 1 is 1.04 bits per heavy atom. The predicted octanol–water partition coefficient (Wildman–Crippen LogP) is 8.41. The van der Waals surface area contributed by atoms with Crippen LogP contribution in [0.2, 0.25) is 0 Å². The van der Waals surface area contributed by atoms with E-state index in [2.05, 4.69) is 59.7 Å². The Morgan fingerprint density at radius 2 is 1.74 bits per heavy atom. The number of hydrogen-bond acceptors (Lipinski definition) is 7. The molecule has 46 heavy (non-hydrogen) atoms. The summed E-state index contributed by atoms with van der Waals surface area (Å²) in [6.45, 7) is 18.5. The van der Waals surface area contributed by atoms with Gasteiger partial charge in [-0.2, -0.15) is 0 Å². The molecule has 0 aromatic rings. The minimum Gasteiger partial charge on any atom is -0.481 e. The molecule has 8 atom stereocenters. The van der Waals surface area contributed by atoms with Crippen molar-refractivity contribution in [1.82, 2.24) is 4.90 Å². The summed E-state index contributed by atoms with van der Waals surface area (Å²) in [4.78, 5) is 45.3. The topological polar surface area (TPSA) is 96.3 Å². The van der Waals surface area contributed by atoms with Crippen LogP contribution in [-0.2, 0) is 19.2 Å². The van der Waals surface area contributed by atoms with Crippen molar-refractivity contribution in [3.05, 3.63) is 11.6 Å². The van der Waals surface area contributed by atoms with Crippen molar-refractivity contribution in [1.29, 1.82) is 0 Å². The van der Waals surface area contributed by atoms with Crippen molar-refractivity contribution >= 4 is 51.9 Å². The van der Waals surface area contributed by atoms with Crippen LogP contribution in [-0.4, -0.2) is 49.7 Å². The second-order valence-electron chi connectivity index (χ2n) is 17.6. The molecule has 1 saturated heterocycles. The number of rotatable bonds is 5. The molecule has 0 aromatic heterocycles. The molecule has 1 heterocycles. The summed E-state index contributed by atoms with van der Waals surface area (Å²) in [5, 5.41) is 14.9. The molecule has 7 nitrogen and oxygen atoms in total. The number of hydrogen-bond donors (Lipinski definition) is 1. The van der Waals surface area contributed by atoms with E-state index in [-0.39, 0.29) is 50.7 Å². The Morgan fingerprint density at radius 3 is 2.39 bits per heavy atom. The van der Waals surface area contributed by atoms with Crippen LogP contribution >= 0.6 is 24.0 Å². The van der Waals surface area contributed by atoms with Gasteiger partial charge < -0.3 is 9.94 Å². The molecule has 0 radical (unpaired) electrons. The van der Waals surface area contributed by atoms with Gasteiger partial charge in [0.15, 0.2) is 0 Å². The average molecular weight is 671 g/mol. The number of fused-ring (bicyclic) bond motifs is 7. The number of aliphatic carboxylic acids is 1. The lowest BCUT2D eigenvalue weighted by molar-refractivity contribution is -0.179. The zero-order valence-corrected chi connectivity index (χ0v) is 30.8. The van der Waals surface area contributed by atoms with Gasteiger partial charge >= 0.3 is 11.9 Å². The molecule has 0 unspecified atom stereocenters. The summed E-state index contributed by atoms with van der Waals surface area (Å²) in [6.07, 6.45) is 12.6. The summed E-state index contributed by atoms with van der Waals surface area (Å²) >= 11 is 6.69. The van der Waals surface area contributed by atoms with Gasteiger partial charge in [-0.1, -0.05) is 96.2 Å². The number of carboxylic acids is 1. The molecule has 1 N–H and O–H groups in total. The van der Waals surface area contributed by atoms with Crippen molar-refractivity contribution in [2.24, 2.45) is 55.4 Å². The second kappa shape index (κ2) is 11.1. The van der Waals surface area contributed by atoms with E-state index in [1.165, 1.54) is 22.2 Å². The fraction of sp³-hybridized carbons (Fsp3) is 0.811. The Labute approximate surface area is 285 Å². The monoisotopic (exact) mass is 670 g/mol. The molecule has 6 rings (SSSR count). The molecule has 0 aromatic carbocycles. The maximum atomic E-state index is 12.9. The van der Waals surface area contributed by atoms with E-state index in [4.69, 9.17) is 17.1 Å². The van der Waals surface area contributed by atoms with E-state index in [9.17, 15) is 19.5 Å². The zero-order chi connectivity index (χ0) is 33.7. The molecule has 5 fully saturated rings. The molecule has 1 amide bonds. The van der Waals surface area contributed by atoms with E-state index in [1.807, 2.05) is 6.92 Å². The van der Waals surface area contributed by atoms with Crippen molar-refractivity contribution in [2.45, 2.75) is 131 Å². The largest absolute Gasteiger partial charge is 0.481 e. The molecule has 9 heteroatoms. The van der Waals surface area contributed by atoms with Crippen LogP contribution < -0.4 is 0 Å². The summed E-state index contributed by atoms with van der Waals surface area (Å²) in [5.74, 6) is -0.288. The van der Waals surface area contributed by atoms with Crippen LogP contribution in [0.4, 0.5) is 0 Å². The quantitative estimate of drug-likeness (QED) is 0.136. The van der Waals surface area contributed by atoms with E-state index >= 15 is 0 Å². The third-order valence-electron chi connectivity index (χ3n) is 14.8. The first-order valence-corrected chi connectivity index (χ1v) is 18.9. The van der Waals surface area contributed by atoms with Crippen LogP contribution in [0, 0.1) is 50.2 Å². The second-order valence-corrected chi connectivity index (χ2v) is 19.4. The number of allylic oxidation sites excluding steroid dienone is 2. The molecular weight excluding hydrogens is 617 g/mol. The van der Waals surface area contributed by atoms with Crippen molar-refractivity contribution in [3.63, 3.8) is 0 Å². The van der Waals surface area contributed by atoms with Gasteiger partial charge in [0.1, 0.15) is 10.9 Å². The summed E-state index contributed by atoms with van der Waals surface area (Å²) in [5.41, 5.74) is 1.82. The predicted molar refractivity (Wildman–Crippen MR) is 186 cm³/mol. The minimum atomic E-state index is -0.621. The van der Waals surface area contributed by atoms with E-state index < -0.39 is 17.4 Å². The first kappa shape index (κ1) is 34.1. The first-order chi connectivity index (χ1) is 21.4. The van der Waals surface area contributed by atoms with Crippen LogP contribution in [0.5, 0.6) is 0 Å². The summed E-state index contributed by atoms with van der Waals surface area (Å²) in [7, 11) is 0. The molecule has 6 aliphatic rings. The molecular formula is C37H54N2O5S2. The van der Waals surface area contributed by atoms with Gasteiger partial charge in [-0.05, 0) is 110 Å². The smallest absolute Gasteiger partial charge is 0.354 e. The number of thioether (sulfide) groups is 1. The molecule has 5 aliphatic carbocycles. The number of carboxylic acid groups (broad SMARTS) is 1. The number of carbonyl (C=O) groups is 3. The van der Waals surface area contributed by atoms with Crippen molar-refractivity contribution in [2.75, 3.05) is 6.54 Å². The molecule has 4 saturated carbocycles. The molecule has 0 bridgehead atoms. The first-order valence-electron chi connectivity index (χ1n) is 17.6. The maximum Gasteiger partial charge on any atom is 0.354 e. The lowest BCUT2D eigenvalue weighted by atomic mass is 9.33. The Hall–Kier alpha value is -1.74. The molecule has 0 spiro atoms. The highest BCUT2D eigenvalue weighted by Crippen LogP contribution is 2.75. The lowest BCUT2D eigenvalue weighted by Gasteiger charge is -2.70.